The number of halogens is 2. The zero-order valence-corrected chi connectivity index (χ0v) is 14.5. The van der Waals surface area contributed by atoms with E-state index in [0.29, 0.717) is 25.9 Å². The molecular weight excluding hydrogens is 365 g/mol. The Morgan fingerprint density at radius 1 is 1.20 bits per heavy atom. The predicted molar refractivity (Wildman–Crippen MR) is 96.6 cm³/mol. The van der Waals surface area contributed by atoms with E-state index >= 15 is 0 Å². The van der Waals surface area contributed by atoms with Gasteiger partial charge in [0.2, 0.25) is 5.91 Å². The third kappa shape index (κ3) is 4.32. The molecule has 0 unspecified atom stereocenters. The van der Waals surface area contributed by atoms with E-state index in [-0.39, 0.29) is 30.6 Å². The minimum Gasteiger partial charge on any atom is -0.351 e. The van der Waals surface area contributed by atoms with Gasteiger partial charge in [0.05, 0.1) is 20.8 Å². The van der Waals surface area contributed by atoms with Gasteiger partial charge in [-0.05, 0) is 30.3 Å². The van der Waals surface area contributed by atoms with Gasteiger partial charge in [-0.2, -0.15) is 0 Å². The molecule has 0 aliphatic rings. The third-order valence-electron chi connectivity index (χ3n) is 3.35. The molecule has 25 heavy (non-hydrogen) atoms. The standard InChI is InChI=1S/C17H13ClFN3O2S/c18-12-4-2-1-3-11(12)16(24)20-8-7-15(23)22-17-21-13-6-5-10(19)9-14(13)25-17/h1-6,9H,7-8H2,(H,20,24)(H,21,22,23). The quantitative estimate of drug-likeness (QED) is 0.709. The highest BCUT2D eigenvalue weighted by molar-refractivity contribution is 7.22. The largest absolute Gasteiger partial charge is 0.351 e. The van der Waals surface area contributed by atoms with Crippen LogP contribution in [-0.4, -0.2) is 23.3 Å². The number of amides is 2. The van der Waals surface area contributed by atoms with Crippen molar-refractivity contribution in [2.75, 3.05) is 11.9 Å². The van der Waals surface area contributed by atoms with Gasteiger partial charge in [0.15, 0.2) is 5.13 Å². The molecule has 3 aromatic rings. The first-order chi connectivity index (χ1) is 12.0. The van der Waals surface area contributed by atoms with Gasteiger partial charge in [0, 0.05) is 13.0 Å². The molecule has 8 heteroatoms. The molecule has 0 atom stereocenters. The molecule has 3 rings (SSSR count). The fraction of sp³-hybridized carbons (Fsp3) is 0.118. The average Bonchev–Trinajstić information content (AvgIpc) is 2.96. The Hall–Kier alpha value is -2.51. The fourth-order valence-electron chi connectivity index (χ4n) is 2.16. The lowest BCUT2D eigenvalue weighted by molar-refractivity contribution is -0.116. The first-order valence-corrected chi connectivity index (χ1v) is 8.61. The molecule has 1 heterocycles. The molecule has 0 fully saturated rings. The van der Waals surface area contributed by atoms with E-state index in [4.69, 9.17) is 11.6 Å². The van der Waals surface area contributed by atoms with Crippen LogP contribution in [0.5, 0.6) is 0 Å². The topological polar surface area (TPSA) is 71.1 Å². The summed E-state index contributed by atoms with van der Waals surface area (Å²) in [5.41, 5.74) is 0.978. The number of benzene rings is 2. The van der Waals surface area contributed by atoms with Gasteiger partial charge in [-0.3, -0.25) is 9.59 Å². The van der Waals surface area contributed by atoms with Crippen molar-refractivity contribution >= 4 is 50.1 Å². The second-order valence-corrected chi connectivity index (χ2v) is 6.60. The Morgan fingerprint density at radius 3 is 2.80 bits per heavy atom. The molecular formula is C17H13ClFN3O2S. The van der Waals surface area contributed by atoms with Gasteiger partial charge in [-0.1, -0.05) is 35.1 Å². The molecule has 2 amide bonds. The van der Waals surface area contributed by atoms with E-state index < -0.39 is 0 Å². The number of nitrogens with one attached hydrogen (secondary N) is 2. The zero-order chi connectivity index (χ0) is 17.8. The van der Waals surface area contributed by atoms with E-state index in [0.717, 1.165) is 0 Å². The van der Waals surface area contributed by atoms with Crippen LogP contribution >= 0.6 is 22.9 Å². The van der Waals surface area contributed by atoms with Crippen molar-refractivity contribution < 1.29 is 14.0 Å². The number of rotatable bonds is 5. The van der Waals surface area contributed by atoms with E-state index in [1.807, 2.05) is 0 Å². The number of anilines is 1. The minimum absolute atomic E-state index is 0.0838. The van der Waals surface area contributed by atoms with Crippen LogP contribution in [0.25, 0.3) is 10.2 Å². The second-order valence-electron chi connectivity index (χ2n) is 5.16. The van der Waals surface area contributed by atoms with Gasteiger partial charge >= 0.3 is 0 Å². The Balaban J connectivity index is 1.52. The Labute approximate surface area is 151 Å². The van der Waals surface area contributed by atoms with E-state index in [2.05, 4.69) is 15.6 Å². The van der Waals surface area contributed by atoms with Crippen LogP contribution in [0.1, 0.15) is 16.8 Å². The van der Waals surface area contributed by atoms with Crippen LogP contribution in [0, 0.1) is 5.82 Å². The van der Waals surface area contributed by atoms with E-state index in [1.165, 1.54) is 23.5 Å². The number of aromatic nitrogens is 1. The number of nitrogens with zero attached hydrogens (tertiary/aromatic N) is 1. The van der Waals surface area contributed by atoms with Crippen LogP contribution in [0.15, 0.2) is 42.5 Å². The molecule has 5 nitrogen and oxygen atoms in total. The summed E-state index contributed by atoms with van der Waals surface area (Å²) in [5, 5.41) is 6.03. The van der Waals surface area contributed by atoms with Crippen molar-refractivity contribution in [2.24, 2.45) is 0 Å². The molecule has 0 spiro atoms. The highest BCUT2D eigenvalue weighted by Crippen LogP contribution is 2.26. The first-order valence-electron chi connectivity index (χ1n) is 7.41. The fourth-order valence-corrected chi connectivity index (χ4v) is 3.29. The molecule has 2 aromatic carbocycles. The van der Waals surface area contributed by atoms with Crippen LogP contribution in [0.2, 0.25) is 5.02 Å². The summed E-state index contributed by atoms with van der Waals surface area (Å²) in [6.45, 7) is 0.162. The number of hydrogen-bond donors (Lipinski definition) is 2. The number of thiazole rings is 1. The molecule has 0 bridgehead atoms. The monoisotopic (exact) mass is 377 g/mol. The highest BCUT2D eigenvalue weighted by atomic mass is 35.5. The molecule has 0 aliphatic heterocycles. The number of carbonyl (C=O) groups excluding carboxylic acids is 2. The van der Waals surface area contributed by atoms with E-state index in [1.54, 1.807) is 30.3 Å². The molecule has 128 valence electrons. The van der Waals surface area contributed by atoms with Crippen molar-refractivity contribution in [1.82, 2.24) is 10.3 Å². The number of hydrogen-bond acceptors (Lipinski definition) is 4. The van der Waals surface area contributed by atoms with Crippen molar-refractivity contribution in [2.45, 2.75) is 6.42 Å². The lowest BCUT2D eigenvalue weighted by Crippen LogP contribution is -2.27. The number of fused-ring (bicyclic) bond motifs is 1. The second kappa shape index (κ2) is 7.58. The summed E-state index contributed by atoms with van der Waals surface area (Å²) < 4.78 is 13.8. The average molecular weight is 378 g/mol. The summed E-state index contributed by atoms with van der Waals surface area (Å²) >= 11 is 7.13. The first kappa shape index (κ1) is 17.3. The van der Waals surface area contributed by atoms with Crippen molar-refractivity contribution in [3.05, 3.63) is 58.9 Å². The summed E-state index contributed by atoms with van der Waals surface area (Å²) in [6, 6.07) is 10.9. The van der Waals surface area contributed by atoms with Crippen molar-refractivity contribution in [1.29, 1.82) is 0 Å². The molecule has 2 N–H and O–H groups in total. The smallest absolute Gasteiger partial charge is 0.252 e. The lowest BCUT2D eigenvalue weighted by atomic mass is 10.2. The third-order valence-corrected chi connectivity index (χ3v) is 4.62. The number of carbonyl (C=O) groups is 2. The van der Waals surface area contributed by atoms with Gasteiger partial charge in [-0.25, -0.2) is 9.37 Å². The van der Waals surface area contributed by atoms with Gasteiger partial charge in [-0.15, -0.1) is 0 Å². The van der Waals surface area contributed by atoms with Crippen LogP contribution in [0.4, 0.5) is 9.52 Å². The Kier molecular flexibility index (Phi) is 5.25. The maximum Gasteiger partial charge on any atom is 0.252 e. The van der Waals surface area contributed by atoms with Crippen LogP contribution in [0.3, 0.4) is 0 Å². The molecule has 0 saturated carbocycles. The molecule has 1 aromatic heterocycles. The van der Waals surface area contributed by atoms with Gasteiger partial charge < -0.3 is 10.6 Å². The molecule has 0 radical (unpaired) electrons. The summed E-state index contributed by atoms with van der Waals surface area (Å²) in [4.78, 5) is 28.1. The van der Waals surface area contributed by atoms with E-state index in [9.17, 15) is 14.0 Å². The molecule has 0 aliphatic carbocycles. The van der Waals surface area contributed by atoms with Crippen molar-refractivity contribution in [3.63, 3.8) is 0 Å². The van der Waals surface area contributed by atoms with Gasteiger partial charge in [0.1, 0.15) is 5.82 Å². The normalized spacial score (nSPS) is 10.6. The summed E-state index contributed by atoms with van der Waals surface area (Å²) in [6.07, 6.45) is 0.0838. The summed E-state index contributed by atoms with van der Waals surface area (Å²) in [5.74, 6) is -0.982. The zero-order valence-electron chi connectivity index (χ0n) is 12.9. The predicted octanol–water partition coefficient (Wildman–Crippen LogP) is 3.85. The highest BCUT2D eigenvalue weighted by Gasteiger charge is 2.11. The lowest BCUT2D eigenvalue weighted by Gasteiger charge is -2.06. The minimum atomic E-state index is -0.351. The Bertz CT molecular complexity index is 945. The maximum absolute atomic E-state index is 13.2. The van der Waals surface area contributed by atoms with Crippen LogP contribution in [-0.2, 0) is 4.79 Å². The molecule has 0 saturated heterocycles. The maximum atomic E-state index is 13.2. The summed E-state index contributed by atoms with van der Waals surface area (Å²) in [7, 11) is 0. The SMILES string of the molecule is O=C(CCNC(=O)c1ccccc1Cl)Nc1nc2ccc(F)cc2s1. The van der Waals surface area contributed by atoms with Gasteiger partial charge in [0.25, 0.3) is 5.91 Å². The van der Waals surface area contributed by atoms with Crippen LogP contribution < -0.4 is 10.6 Å². The van der Waals surface area contributed by atoms with Crippen molar-refractivity contribution in [3.8, 4) is 0 Å². The Morgan fingerprint density at radius 2 is 2.00 bits per heavy atom.